The van der Waals surface area contributed by atoms with Gasteiger partial charge in [0.25, 0.3) is 0 Å². The number of anilines is 1. The van der Waals surface area contributed by atoms with Crippen molar-refractivity contribution in [2.24, 2.45) is 7.05 Å². The number of nitrogen functional groups attached to an aromatic ring is 1. The fraction of sp³-hybridized carbons (Fsp3) is 0.471. The van der Waals surface area contributed by atoms with Crippen LogP contribution in [0.25, 0.3) is 11.1 Å². The average Bonchev–Trinajstić information content (AvgIpc) is 2.79. The molecule has 0 saturated heterocycles. The molecule has 1 aromatic heterocycles. The minimum Gasteiger partial charge on any atom is -0.497 e. The third-order valence-corrected chi connectivity index (χ3v) is 3.81. The number of benzene rings is 1. The highest BCUT2D eigenvalue weighted by Gasteiger charge is 2.15. The number of hydrogen-bond donors (Lipinski definition) is 1. The molecular weight excluding hydrogens is 262 g/mol. The highest BCUT2D eigenvalue weighted by molar-refractivity contribution is 5.77. The molecular formula is C17H25N3O. The lowest BCUT2D eigenvalue weighted by atomic mass is 10.0. The first kappa shape index (κ1) is 15.4. The van der Waals surface area contributed by atoms with Crippen LogP contribution in [0, 0.1) is 0 Å². The van der Waals surface area contributed by atoms with Gasteiger partial charge in [0, 0.05) is 12.6 Å². The number of nitrogens with two attached hydrogens (primary N) is 1. The number of aryl methyl sites for hydroxylation is 2. The van der Waals surface area contributed by atoms with Gasteiger partial charge in [0.05, 0.1) is 12.8 Å². The molecule has 1 aromatic carbocycles. The zero-order valence-corrected chi connectivity index (χ0v) is 13.2. The van der Waals surface area contributed by atoms with Crippen LogP contribution in [-0.2, 0) is 13.5 Å². The van der Waals surface area contributed by atoms with Gasteiger partial charge in [-0.3, -0.25) is 4.68 Å². The van der Waals surface area contributed by atoms with Gasteiger partial charge in [-0.2, -0.15) is 5.10 Å². The summed E-state index contributed by atoms with van der Waals surface area (Å²) in [6, 6.07) is 8.01. The van der Waals surface area contributed by atoms with Gasteiger partial charge < -0.3 is 10.5 Å². The summed E-state index contributed by atoms with van der Waals surface area (Å²) in [7, 11) is 3.57. The Labute approximate surface area is 126 Å². The van der Waals surface area contributed by atoms with E-state index in [1.54, 1.807) is 11.8 Å². The van der Waals surface area contributed by atoms with Crippen molar-refractivity contribution in [3.8, 4) is 16.9 Å². The van der Waals surface area contributed by atoms with Crippen molar-refractivity contribution in [1.29, 1.82) is 0 Å². The van der Waals surface area contributed by atoms with Crippen molar-refractivity contribution in [2.45, 2.75) is 39.0 Å². The molecule has 0 aliphatic heterocycles. The SMILES string of the molecule is CCCCCCc1nn(C)c(N)c1-c1ccc(OC)cc1. The summed E-state index contributed by atoms with van der Waals surface area (Å²) < 4.78 is 6.98. The summed E-state index contributed by atoms with van der Waals surface area (Å²) in [5, 5.41) is 4.59. The number of hydrogen-bond acceptors (Lipinski definition) is 3. The highest BCUT2D eigenvalue weighted by Crippen LogP contribution is 2.31. The van der Waals surface area contributed by atoms with Gasteiger partial charge in [-0.25, -0.2) is 0 Å². The van der Waals surface area contributed by atoms with Gasteiger partial charge >= 0.3 is 0 Å². The molecule has 1 heterocycles. The molecule has 2 rings (SSSR count). The van der Waals surface area contributed by atoms with Gasteiger partial charge in [-0.15, -0.1) is 0 Å². The second-order valence-corrected chi connectivity index (χ2v) is 5.37. The van der Waals surface area contributed by atoms with Crippen molar-refractivity contribution < 1.29 is 4.74 Å². The highest BCUT2D eigenvalue weighted by atomic mass is 16.5. The third-order valence-electron chi connectivity index (χ3n) is 3.81. The Hall–Kier alpha value is -1.97. The van der Waals surface area contributed by atoms with E-state index < -0.39 is 0 Å². The number of unbranched alkanes of at least 4 members (excludes halogenated alkanes) is 3. The molecule has 2 aromatic rings. The number of methoxy groups -OCH3 is 1. The molecule has 21 heavy (non-hydrogen) atoms. The minimum atomic E-state index is 0.727. The summed E-state index contributed by atoms with van der Waals surface area (Å²) in [5.41, 5.74) is 9.47. The van der Waals surface area contributed by atoms with Crippen molar-refractivity contribution >= 4 is 5.82 Å². The van der Waals surface area contributed by atoms with Crippen LogP contribution in [0.5, 0.6) is 5.75 Å². The van der Waals surface area contributed by atoms with Gasteiger partial charge in [0.2, 0.25) is 0 Å². The van der Waals surface area contributed by atoms with Crippen LogP contribution in [0.3, 0.4) is 0 Å². The Bertz CT molecular complexity index is 572. The molecule has 4 heteroatoms. The number of ether oxygens (including phenoxy) is 1. The van der Waals surface area contributed by atoms with Gasteiger partial charge in [-0.1, -0.05) is 38.3 Å². The smallest absolute Gasteiger partial charge is 0.129 e. The number of nitrogens with zero attached hydrogens (tertiary/aromatic N) is 2. The van der Waals surface area contributed by atoms with Gasteiger partial charge in [0.15, 0.2) is 0 Å². The van der Waals surface area contributed by atoms with E-state index in [1.165, 1.54) is 19.3 Å². The Morgan fingerprint density at radius 2 is 1.86 bits per heavy atom. The van der Waals surface area contributed by atoms with E-state index >= 15 is 0 Å². The molecule has 0 radical (unpaired) electrons. The predicted octanol–water partition coefficient (Wildman–Crippen LogP) is 3.80. The molecule has 0 atom stereocenters. The van der Waals surface area contributed by atoms with Crippen molar-refractivity contribution in [3.63, 3.8) is 0 Å². The van der Waals surface area contributed by atoms with E-state index in [4.69, 9.17) is 10.5 Å². The largest absolute Gasteiger partial charge is 0.497 e. The maximum Gasteiger partial charge on any atom is 0.129 e. The zero-order valence-electron chi connectivity index (χ0n) is 13.2. The summed E-state index contributed by atoms with van der Waals surface area (Å²) >= 11 is 0. The molecule has 0 bridgehead atoms. The van der Waals surface area contributed by atoms with Crippen LogP contribution >= 0.6 is 0 Å². The van der Waals surface area contributed by atoms with Crippen molar-refractivity contribution in [1.82, 2.24) is 9.78 Å². The van der Waals surface area contributed by atoms with Gasteiger partial charge in [-0.05, 0) is 30.5 Å². The van der Waals surface area contributed by atoms with Crippen molar-refractivity contribution in [3.05, 3.63) is 30.0 Å². The third kappa shape index (κ3) is 3.57. The van der Waals surface area contributed by atoms with E-state index in [9.17, 15) is 0 Å². The van der Waals surface area contributed by atoms with Crippen LogP contribution in [0.15, 0.2) is 24.3 Å². The Morgan fingerprint density at radius 1 is 1.14 bits per heavy atom. The van der Waals surface area contributed by atoms with Crippen LogP contribution in [0.1, 0.15) is 38.3 Å². The molecule has 114 valence electrons. The van der Waals surface area contributed by atoms with Crippen molar-refractivity contribution in [2.75, 3.05) is 12.8 Å². The molecule has 0 fully saturated rings. The van der Waals surface area contributed by atoms with Crippen LogP contribution in [0.2, 0.25) is 0 Å². The molecule has 0 aliphatic carbocycles. The van der Waals surface area contributed by atoms with E-state index in [2.05, 4.69) is 12.0 Å². The van der Waals surface area contributed by atoms with Gasteiger partial charge in [0.1, 0.15) is 11.6 Å². The Morgan fingerprint density at radius 3 is 2.48 bits per heavy atom. The second-order valence-electron chi connectivity index (χ2n) is 5.37. The molecule has 0 spiro atoms. The molecule has 0 amide bonds. The lowest BCUT2D eigenvalue weighted by Crippen LogP contribution is -1.98. The number of rotatable bonds is 7. The Balaban J connectivity index is 2.23. The quantitative estimate of drug-likeness (QED) is 0.788. The summed E-state index contributed by atoms with van der Waals surface area (Å²) in [6.07, 6.45) is 5.91. The molecule has 4 nitrogen and oxygen atoms in total. The lowest BCUT2D eigenvalue weighted by Gasteiger charge is -2.06. The first-order valence-electron chi connectivity index (χ1n) is 7.63. The summed E-state index contributed by atoms with van der Waals surface area (Å²) in [5.74, 6) is 1.58. The topological polar surface area (TPSA) is 53.1 Å². The monoisotopic (exact) mass is 287 g/mol. The molecule has 2 N–H and O–H groups in total. The van der Waals surface area contributed by atoms with E-state index in [1.807, 2.05) is 31.3 Å². The summed E-state index contributed by atoms with van der Waals surface area (Å²) in [6.45, 7) is 2.22. The first-order chi connectivity index (χ1) is 10.2. The molecule has 0 aliphatic rings. The second kappa shape index (κ2) is 7.16. The van der Waals surface area contributed by atoms with E-state index in [-0.39, 0.29) is 0 Å². The Kier molecular flexibility index (Phi) is 5.26. The number of aromatic nitrogens is 2. The summed E-state index contributed by atoms with van der Waals surface area (Å²) in [4.78, 5) is 0. The average molecular weight is 287 g/mol. The zero-order chi connectivity index (χ0) is 15.2. The fourth-order valence-electron chi connectivity index (χ4n) is 2.56. The van der Waals surface area contributed by atoms with Crippen LogP contribution in [0.4, 0.5) is 5.82 Å². The van der Waals surface area contributed by atoms with E-state index in [0.29, 0.717) is 0 Å². The normalized spacial score (nSPS) is 10.8. The molecule has 0 saturated carbocycles. The molecule has 0 unspecified atom stereocenters. The lowest BCUT2D eigenvalue weighted by molar-refractivity contribution is 0.415. The van der Waals surface area contributed by atoms with Crippen LogP contribution < -0.4 is 10.5 Å². The minimum absolute atomic E-state index is 0.727. The standard InChI is InChI=1S/C17H25N3O/c1-4-5-6-7-8-15-16(17(18)20(2)19-15)13-9-11-14(21-3)12-10-13/h9-12H,4-8,18H2,1-3H3. The van der Waals surface area contributed by atoms with E-state index in [0.717, 1.165) is 41.2 Å². The maximum absolute atomic E-state index is 6.21. The predicted molar refractivity (Wildman–Crippen MR) is 87.5 cm³/mol. The van der Waals surface area contributed by atoms with Crippen LogP contribution in [-0.4, -0.2) is 16.9 Å². The fourth-order valence-corrected chi connectivity index (χ4v) is 2.56. The maximum atomic E-state index is 6.21. The first-order valence-corrected chi connectivity index (χ1v) is 7.63.